The van der Waals surface area contributed by atoms with E-state index < -0.39 is 10.5 Å². The van der Waals surface area contributed by atoms with Gasteiger partial charge in [-0.25, -0.2) is 0 Å². The summed E-state index contributed by atoms with van der Waals surface area (Å²) in [5.74, 6) is 0. The molecular weight excluding hydrogens is 138 g/mol. The summed E-state index contributed by atoms with van der Waals surface area (Å²) in [7, 11) is -1.97. The third-order valence-corrected chi connectivity index (χ3v) is 2.31. The van der Waals surface area contributed by atoms with E-state index in [-0.39, 0.29) is 0 Å². The molecule has 0 unspecified atom stereocenters. The van der Waals surface area contributed by atoms with Crippen LogP contribution in [0.4, 0.5) is 0 Å². The average Bonchev–Trinajstić information content (AvgIpc) is 1.90. The molecule has 0 atom stereocenters. The van der Waals surface area contributed by atoms with Crippen molar-refractivity contribution in [2.45, 2.75) is 19.3 Å². The third-order valence-electron chi connectivity index (χ3n) is 1.53. The van der Waals surface area contributed by atoms with Crippen LogP contribution < -0.4 is 0 Å². The molecule has 0 bridgehead atoms. The maximum atomic E-state index is 10.3. The standard InChI is InChI=1S/C5H10NO2S/c7-9(8)6-4-2-1-3-5-6/h1-5H2/q+1. The topological polar surface area (TPSA) is 37.1 Å². The molecule has 0 spiro atoms. The van der Waals surface area contributed by atoms with E-state index in [1.807, 2.05) is 0 Å². The van der Waals surface area contributed by atoms with Crippen molar-refractivity contribution in [1.29, 1.82) is 0 Å². The van der Waals surface area contributed by atoms with Crippen LogP contribution in [-0.2, 0) is 10.5 Å². The van der Waals surface area contributed by atoms with Gasteiger partial charge in [0.25, 0.3) is 0 Å². The molecule has 52 valence electrons. The minimum atomic E-state index is -1.97. The van der Waals surface area contributed by atoms with Crippen molar-refractivity contribution >= 4 is 10.5 Å². The summed E-state index contributed by atoms with van der Waals surface area (Å²) in [5.41, 5.74) is 0. The number of rotatable bonds is 0. The minimum absolute atomic E-state index is 0.718. The van der Waals surface area contributed by atoms with Crippen LogP contribution in [-0.4, -0.2) is 25.5 Å². The molecule has 3 nitrogen and oxygen atoms in total. The Balaban J connectivity index is 2.72. The van der Waals surface area contributed by atoms with E-state index in [0.29, 0.717) is 0 Å². The highest BCUT2D eigenvalue weighted by Crippen LogP contribution is 2.02. The first kappa shape index (κ1) is 6.74. The lowest BCUT2D eigenvalue weighted by Gasteiger charge is -2.02. The summed E-state index contributed by atoms with van der Waals surface area (Å²) in [4.78, 5) is 0. The van der Waals surface area contributed by atoms with Gasteiger partial charge in [-0.3, -0.25) is 0 Å². The van der Waals surface area contributed by atoms with E-state index >= 15 is 0 Å². The van der Waals surface area contributed by atoms with Gasteiger partial charge in [0.2, 0.25) is 0 Å². The first-order valence-corrected chi connectivity index (χ1v) is 4.18. The Morgan fingerprint density at radius 1 is 1.00 bits per heavy atom. The molecule has 1 heterocycles. The lowest BCUT2D eigenvalue weighted by atomic mass is 10.2. The summed E-state index contributed by atoms with van der Waals surface area (Å²) in [5, 5.41) is 0. The molecule has 0 aliphatic carbocycles. The van der Waals surface area contributed by atoms with Crippen LogP contribution in [0.2, 0.25) is 0 Å². The molecule has 1 aliphatic rings. The van der Waals surface area contributed by atoms with Crippen molar-refractivity contribution in [3.05, 3.63) is 0 Å². The predicted octanol–water partition coefficient (Wildman–Crippen LogP) is 0.246. The van der Waals surface area contributed by atoms with Crippen LogP contribution in [0.5, 0.6) is 0 Å². The van der Waals surface area contributed by atoms with E-state index in [1.165, 1.54) is 10.4 Å². The Morgan fingerprint density at radius 3 is 1.89 bits per heavy atom. The second-order valence-electron chi connectivity index (χ2n) is 2.21. The average molecular weight is 148 g/mol. The summed E-state index contributed by atoms with van der Waals surface area (Å²) in [6.07, 6.45) is 3.22. The molecule has 1 fully saturated rings. The molecule has 0 aromatic carbocycles. The van der Waals surface area contributed by atoms with Gasteiger partial charge < -0.3 is 0 Å². The van der Waals surface area contributed by atoms with Gasteiger partial charge in [0.15, 0.2) is 13.1 Å². The van der Waals surface area contributed by atoms with Crippen molar-refractivity contribution in [2.75, 3.05) is 13.1 Å². The highest BCUT2D eigenvalue weighted by molar-refractivity contribution is 7.58. The van der Waals surface area contributed by atoms with Crippen LogP contribution in [0.15, 0.2) is 0 Å². The maximum absolute atomic E-state index is 10.3. The van der Waals surface area contributed by atoms with Crippen molar-refractivity contribution in [1.82, 2.24) is 0 Å². The zero-order chi connectivity index (χ0) is 6.69. The second-order valence-corrected chi connectivity index (χ2v) is 3.16. The summed E-state index contributed by atoms with van der Waals surface area (Å²) in [6, 6.07) is 0. The van der Waals surface area contributed by atoms with Crippen molar-refractivity contribution in [3.8, 4) is 0 Å². The van der Waals surface area contributed by atoms with Crippen LogP contribution in [0.3, 0.4) is 0 Å². The molecule has 0 aromatic heterocycles. The Bertz CT molecular complexity index is 201. The SMILES string of the molecule is O=S(=O)=[N+]1CCCCC1. The van der Waals surface area contributed by atoms with Gasteiger partial charge in [0.1, 0.15) is 0 Å². The number of nitrogens with zero attached hydrogens (tertiary/aromatic N) is 1. The molecule has 1 aliphatic heterocycles. The summed E-state index contributed by atoms with van der Waals surface area (Å²) >= 11 is 0. The predicted molar refractivity (Wildman–Crippen MR) is 32.8 cm³/mol. The molecule has 0 aromatic rings. The fourth-order valence-electron chi connectivity index (χ4n) is 1.01. The van der Waals surface area contributed by atoms with Gasteiger partial charge in [-0.1, -0.05) is 0 Å². The van der Waals surface area contributed by atoms with Crippen LogP contribution >= 0.6 is 0 Å². The fraction of sp³-hybridized carbons (Fsp3) is 1.00. The highest BCUT2D eigenvalue weighted by Gasteiger charge is 2.12. The van der Waals surface area contributed by atoms with Gasteiger partial charge >= 0.3 is 10.5 Å². The Morgan fingerprint density at radius 2 is 1.56 bits per heavy atom. The van der Waals surface area contributed by atoms with Crippen molar-refractivity contribution in [2.24, 2.45) is 0 Å². The van der Waals surface area contributed by atoms with E-state index in [9.17, 15) is 8.42 Å². The smallest absolute Gasteiger partial charge is 0.122 e. The molecule has 9 heavy (non-hydrogen) atoms. The number of piperidine rings is 1. The van der Waals surface area contributed by atoms with Crippen molar-refractivity contribution < 1.29 is 12.4 Å². The monoisotopic (exact) mass is 148 g/mol. The normalized spacial score (nSPS) is 19.8. The minimum Gasteiger partial charge on any atom is -0.122 e. The fourth-order valence-corrected chi connectivity index (χ4v) is 1.57. The molecule has 4 heteroatoms. The second kappa shape index (κ2) is 2.96. The van der Waals surface area contributed by atoms with Gasteiger partial charge in [-0.05, 0) is 6.42 Å². The van der Waals surface area contributed by atoms with Crippen LogP contribution in [0.1, 0.15) is 19.3 Å². The van der Waals surface area contributed by atoms with E-state index in [2.05, 4.69) is 0 Å². The van der Waals surface area contributed by atoms with E-state index in [0.717, 1.165) is 25.9 Å². The van der Waals surface area contributed by atoms with Crippen molar-refractivity contribution in [3.63, 3.8) is 0 Å². The molecular formula is C5H10NO2S+. The lowest BCUT2D eigenvalue weighted by Crippen LogP contribution is -2.18. The van der Waals surface area contributed by atoms with Gasteiger partial charge in [-0.2, -0.15) is 0 Å². The van der Waals surface area contributed by atoms with Crippen LogP contribution in [0, 0.1) is 0 Å². The Kier molecular flexibility index (Phi) is 2.22. The van der Waals surface area contributed by atoms with Gasteiger partial charge in [0.05, 0.1) is 0 Å². The molecule has 1 rings (SSSR count). The Hall–Kier alpha value is -0.380. The zero-order valence-electron chi connectivity index (χ0n) is 5.21. The quantitative estimate of drug-likeness (QED) is 0.462. The van der Waals surface area contributed by atoms with Gasteiger partial charge in [0, 0.05) is 12.8 Å². The molecule has 1 saturated heterocycles. The van der Waals surface area contributed by atoms with Crippen LogP contribution in [0.25, 0.3) is 0 Å². The highest BCUT2D eigenvalue weighted by atomic mass is 32.2. The first-order valence-electron chi connectivity index (χ1n) is 3.15. The van der Waals surface area contributed by atoms with E-state index in [4.69, 9.17) is 0 Å². The molecule has 0 saturated carbocycles. The zero-order valence-corrected chi connectivity index (χ0v) is 6.02. The summed E-state index contributed by atoms with van der Waals surface area (Å²) < 4.78 is 22.0. The third kappa shape index (κ3) is 1.78. The number of hydrogen-bond donors (Lipinski definition) is 0. The first-order chi connectivity index (χ1) is 4.30. The molecule has 0 radical (unpaired) electrons. The number of hydrogen-bond acceptors (Lipinski definition) is 2. The Labute approximate surface area is 56.0 Å². The maximum Gasteiger partial charge on any atom is 0.458 e. The summed E-state index contributed by atoms with van der Waals surface area (Å²) in [6.45, 7) is 1.44. The van der Waals surface area contributed by atoms with E-state index in [1.54, 1.807) is 0 Å². The molecule has 0 amide bonds. The van der Waals surface area contributed by atoms with Gasteiger partial charge in [-0.15, -0.1) is 12.4 Å². The molecule has 0 N–H and O–H groups in total. The largest absolute Gasteiger partial charge is 0.458 e. The lowest BCUT2D eigenvalue weighted by molar-refractivity contribution is -0.513.